The molecule has 3 heterocycles. The van der Waals surface area contributed by atoms with E-state index >= 15 is 0 Å². The molecule has 8 heteroatoms. The Balaban J connectivity index is 1.69. The normalized spacial score (nSPS) is 15.0. The van der Waals surface area contributed by atoms with Gasteiger partial charge in [-0.1, -0.05) is 11.6 Å². The number of methoxy groups -OCH3 is 1. The molecule has 3 aromatic rings. The quantitative estimate of drug-likeness (QED) is 0.688. The minimum Gasteiger partial charge on any atom is -0.495 e. The van der Waals surface area contributed by atoms with Gasteiger partial charge in [-0.15, -0.1) is 0 Å². The molecule has 0 spiro atoms. The van der Waals surface area contributed by atoms with Gasteiger partial charge in [0.05, 0.1) is 17.0 Å². The van der Waals surface area contributed by atoms with Gasteiger partial charge >= 0.3 is 0 Å². The van der Waals surface area contributed by atoms with Gasteiger partial charge in [0.25, 0.3) is 0 Å². The molecule has 0 atom stereocenters. The van der Waals surface area contributed by atoms with E-state index in [2.05, 4.69) is 9.97 Å². The molecule has 26 heavy (non-hydrogen) atoms. The van der Waals surface area contributed by atoms with E-state index in [4.69, 9.17) is 16.3 Å². The van der Waals surface area contributed by atoms with E-state index in [1.807, 2.05) is 18.2 Å². The molecule has 4 rings (SSSR count). The van der Waals surface area contributed by atoms with Crippen molar-refractivity contribution in [2.75, 3.05) is 13.7 Å². The third-order valence-corrected chi connectivity index (χ3v) is 6.60. The van der Waals surface area contributed by atoms with Crippen LogP contribution in [0.25, 0.3) is 11.0 Å². The molecule has 1 aliphatic heterocycles. The monoisotopic (exact) mass is 389 g/mol. The van der Waals surface area contributed by atoms with Crippen molar-refractivity contribution in [3.8, 4) is 5.75 Å². The molecule has 0 saturated heterocycles. The maximum absolute atomic E-state index is 13.0. The Bertz CT molecular complexity index is 1100. The highest BCUT2D eigenvalue weighted by Gasteiger charge is 2.29. The summed E-state index contributed by atoms with van der Waals surface area (Å²) < 4.78 is 32.6. The Kier molecular flexibility index (Phi) is 4.30. The predicted molar refractivity (Wildman–Crippen MR) is 98.8 cm³/mol. The largest absolute Gasteiger partial charge is 0.495 e. The number of ether oxygens (including phenoxy) is 1. The van der Waals surface area contributed by atoms with Crippen LogP contribution >= 0.6 is 11.6 Å². The fourth-order valence-corrected chi connectivity index (χ4v) is 4.87. The molecule has 0 unspecified atom stereocenters. The van der Waals surface area contributed by atoms with E-state index in [0.29, 0.717) is 24.4 Å². The summed E-state index contributed by atoms with van der Waals surface area (Å²) in [4.78, 5) is 8.99. The standard InChI is InChI=1S/C18H16ClN3O3S/c1-25-17-5-4-14(10-15(17)19)26(23,24)22-8-6-16-13(11-22)9-12-3-2-7-20-18(12)21-16/h2-5,7,9-10H,6,8,11H2,1H3. The Morgan fingerprint density at radius 1 is 1.23 bits per heavy atom. The molecule has 0 aliphatic carbocycles. The average Bonchev–Trinajstić information content (AvgIpc) is 2.65. The van der Waals surface area contributed by atoms with Crippen LogP contribution in [0, 0.1) is 0 Å². The van der Waals surface area contributed by atoms with Crippen LogP contribution < -0.4 is 4.74 Å². The van der Waals surface area contributed by atoms with Gasteiger partial charge in [0.2, 0.25) is 10.0 Å². The lowest BCUT2D eigenvalue weighted by atomic mass is 10.1. The number of aromatic nitrogens is 2. The van der Waals surface area contributed by atoms with E-state index in [9.17, 15) is 8.42 Å². The smallest absolute Gasteiger partial charge is 0.243 e. The summed E-state index contributed by atoms with van der Waals surface area (Å²) in [5.41, 5.74) is 2.49. The number of hydrogen-bond acceptors (Lipinski definition) is 5. The molecule has 134 valence electrons. The minimum absolute atomic E-state index is 0.155. The number of fused-ring (bicyclic) bond motifs is 2. The average molecular weight is 390 g/mol. The van der Waals surface area contributed by atoms with Crippen LogP contribution in [-0.2, 0) is 23.0 Å². The first-order valence-corrected chi connectivity index (χ1v) is 9.88. The second-order valence-corrected chi connectivity index (χ2v) is 8.37. The molecule has 0 fully saturated rings. The van der Waals surface area contributed by atoms with Crippen LogP contribution in [0.4, 0.5) is 0 Å². The van der Waals surface area contributed by atoms with Gasteiger partial charge in [0.1, 0.15) is 5.75 Å². The van der Waals surface area contributed by atoms with Gasteiger partial charge < -0.3 is 4.74 Å². The Hall–Kier alpha value is -2.22. The van der Waals surface area contributed by atoms with E-state index in [0.717, 1.165) is 16.6 Å². The Morgan fingerprint density at radius 3 is 2.85 bits per heavy atom. The van der Waals surface area contributed by atoms with Crippen molar-refractivity contribution in [2.24, 2.45) is 0 Å². The lowest BCUT2D eigenvalue weighted by Crippen LogP contribution is -2.36. The fourth-order valence-electron chi connectivity index (χ4n) is 3.10. The number of benzene rings is 1. The number of rotatable bonds is 3. The summed E-state index contributed by atoms with van der Waals surface area (Å²) in [6.07, 6.45) is 2.25. The second kappa shape index (κ2) is 6.50. The highest BCUT2D eigenvalue weighted by Crippen LogP contribution is 2.30. The SMILES string of the molecule is COc1ccc(S(=O)(=O)N2CCc3nc4ncccc4cc3C2)cc1Cl. The summed E-state index contributed by atoms with van der Waals surface area (Å²) in [6, 6.07) is 10.2. The molecular formula is C18H16ClN3O3S. The van der Waals surface area contributed by atoms with Crippen molar-refractivity contribution in [1.29, 1.82) is 0 Å². The zero-order valence-electron chi connectivity index (χ0n) is 14.0. The van der Waals surface area contributed by atoms with Gasteiger partial charge in [-0.2, -0.15) is 4.31 Å². The number of pyridine rings is 2. The van der Waals surface area contributed by atoms with E-state index in [1.165, 1.54) is 23.5 Å². The lowest BCUT2D eigenvalue weighted by Gasteiger charge is -2.27. The molecule has 1 aromatic carbocycles. The lowest BCUT2D eigenvalue weighted by molar-refractivity contribution is 0.388. The van der Waals surface area contributed by atoms with Crippen molar-refractivity contribution in [3.63, 3.8) is 0 Å². The fraction of sp³-hybridized carbons (Fsp3) is 0.222. The van der Waals surface area contributed by atoms with Crippen molar-refractivity contribution >= 4 is 32.7 Å². The first kappa shape index (κ1) is 17.2. The molecular weight excluding hydrogens is 374 g/mol. The molecule has 2 aromatic heterocycles. The Labute approximate surface area is 156 Å². The first-order valence-electron chi connectivity index (χ1n) is 8.06. The van der Waals surface area contributed by atoms with Crippen LogP contribution in [-0.4, -0.2) is 36.3 Å². The van der Waals surface area contributed by atoms with Crippen molar-refractivity contribution in [1.82, 2.24) is 14.3 Å². The summed E-state index contributed by atoms with van der Waals surface area (Å²) >= 11 is 6.10. The van der Waals surface area contributed by atoms with Crippen LogP contribution in [0.5, 0.6) is 5.75 Å². The molecule has 6 nitrogen and oxygen atoms in total. The van der Waals surface area contributed by atoms with Crippen LogP contribution in [0.3, 0.4) is 0 Å². The molecule has 0 N–H and O–H groups in total. The van der Waals surface area contributed by atoms with Crippen molar-refractivity contribution in [2.45, 2.75) is 17.9 Å². The van der Waals surface area contributed by atoms with Crippen LogP contribution in [0.1, 0.15) is 11.3 Å². The number of hydrogen-bond donors (Lipinski definition) is 0. The van der Waals surface area contributed by atoms with Gasteiger partial charge in [-0.25, -0.2) is 18.4 Å². The van der Waals surface area contributed by atoms with Gasteiger partial charge in [0, 0.05) is 36.8 Å². The highest BCUT2D eigenvalue weighted by atomic mass is 35.5. The minimum atomic E-state index is -3.66. The number of sulfonamides is 1. The summed E-state index contributed by atoms with van der Waals surface area (Å²) in [5, 5.41) is 1.17. The predicted octanol–water partition coefficient (Wildman–Crippen LogP) is 3.04. The van der Waals surface area contributed by atoms with Gasteiger partial charge in [-0.3, -0.25) is 0 Å². The molecule has 0 radical (unpaired) electrons. The maximum Gasteiger partial charge on any atom is 0.243 e. The van der Waals surface area contributed by atoms with Gasteiger partial charge in [0.15, 0.2) is 5.65 Å². The molecule has 0 saturated carbocycles. The van der Waals surface area contributed by atoms with E-state index in [-0.39, 0.29) is 16.5 Å². The van der Waals surface area contributed by atoms with Crippen molar-refractivity contribution in [3.05, 3.63) is 58.9 Å². The maximum atomic E-state index is 13.0. The Morgan fingerprint density at radius 2 is 2.08 bits per heavy atom. The second-order valence-electron chi connectivity index (χ2n) is 6.03. The topological polar surface area (TPSA) is 72.4 Å². The number of nitrogens with zero attached hydrogens (tertiary/aromatic N) is 3. The van der Waals surface area contributed by atoms with Crippen molar-refractivity contribution < 1.29 is 13.2 Å². The molecule has 1 aliphatic rings. The van der Waals surface area contributed by atoms with E-state index < -0.39 is 10.0 Å². The third kappa shape index (κ3) is 2.92. The first-order chi connectivity index (χ1) is 12.5. The summed E-state index contributed by atoms with van der Waals surface area (Å²) in [6.45, 7) is 0.642. The van der Waals surface area contributed by atoms with E-state index in [1.54, 1.807) is 12.3 Å². The highest BCUT2D eigenvalue weighted by molar-refractivity contribution is 7.89. The molecule has 0 bridgehead atoms. The van der Waals surface area contributed by atoms with Gasteiger partial charge in [-0.05, 0) is 42.0 Å². The zero-order chi connectivity index (χ0) is 18.3. The number of halogens is 1. The van der Waals surface area contributed by atoms with Crippen LogP contribution in [0.2, 0.25) is 5.02 Å². The molecule has 0 amide bonds. The summed E-state index contributed by atoms with van der Waals surface area (Å²) in [5.74, 6) is 0.442. The third-order valence-electron chi connectivity index (χ3n) is 4.46. The summed E-state index contributed by atoms with van der Waals surface area (Å²) in [7, 11) is -2.17. The van der Waals surface area contributed by atoms with Crippen LogP contribution in [0.15, 0.2) is 47.5 Å². The zero-order valence-corrected chi connectivity index (χ0v) is 15.6.